The van der Waals surface area contributed by atoms with E-state index in [0.29, 0.717) is 6.42 Å². The molecule has 0 radical (unpaired) electrons. The van der Waals surface area contributed by atoms with Gasteiger partial charge in [0.15, 0.2) is 0 Å². The number of carbonyl (C=O) groups is 1. The second-order valence-electron chi connectivity index (χ2n) is 7.93. The van der Waals surface area contributed by atoms with Gasteiger partial charge >= 0.3 is 0 Å². The van der Waals surface area contributed by atoms with Gasteiger partial charge in [-0.15, -0.1) is 0 Å². The Morgan fingerprint density at radius 1 is 0.969 bits per heavy atom. The van der Waals surface area contributed by atoms with Gasteiger partial charge in [-0.3, -0.25) is 14.9 Å². The third kappa shape index (κ3) is 5.55. The first-order chi connectivity index (χ1) is 15.6. The quantitative estimate of drug-likeness (QED) is 0.419. The number of nitro groups is 1. The Morgan fingerprint density at radius 3 is 2.41 bits per heavy atom. The topological polar surface area (TPSA) is 97.4 Å². The Morgan fingerprint density at radius 2 is 1.72 bits per heavy atom. The van der Waals surface area contributed by atoms with Gasteiger partial charge in [-0.05, 0) is 42.6 Å². The number of nitro benzene ring substituents is 1. The van der Waals surface area contributed by atoms with E-state index in [0.717, 1.165) is 62.4 Å². The zero-order valence-electron chi connectivity index (χ0n) is 17.8. The van der Waals surface area contributed by atoms with E-state index in [1.54, 1.807) is 23.1 Å². The van der Waals surface area contributed by atoms with Crippen LogP contribution >= 0.6 is 0 Å². The van der Waals surface area contributed by atoms with Crippen molar-refractivity contribution in [1.29, 1.82) is 0 Å². The molecule has 0 spiro atoms. The number of carbonyl (C=O) groups excluding carboxylic acids is 1. The maximum absolute atomic E-state index is 12.8. The zero-order chi connectivity index (χ0) is 22.3. The summed E-state index contributed by atoms with van der Waals surface area (Å²) in [7, 11) is 0. The first-order valence-electron chi connectivity index (χ1n) is 10.8. The summed E-state index contributed by atoms with van der Waals surface area (Å²) in [6, 6.07) is 14.6. The summed E-state index contributed by atoms with van der Waals surface area (Å²) in [6.07, 6.45) is 5.30. The van der Waals surface area contributed by atoms with Gasteiger partial charge in [-0.1, -0.05) is 24.3 Å². The fourth-order valence-electron chi connectivity index (χ4n) is 3.91. The maximum Gasteiger partial charge on any atom is 0.269 e. The van der Waals surface area contributed by atoms with E-state index in [9.17, 15) is 14.9 Å². The van der Waals surface area contributed by atoms with E-state index in [-0.39, 0.29) is 16.5 Å². The predicted octanol–water partition coefficient (Wildman–Crippen LogP) is 2.50. The van der Waals surface area contributed by atoms with E-state index in [1.165, 1.54) is 6.33 Å². The first-order valence-corrected chi connectivity index (χ1v) is 10.8. The molecule has 2 aromatic carbocycles. The molecular weight excluding hydrogens is 408 g/mol. The number of non-ortho nitro benzene ring substituents is 1. The van der Waals surface area contributed by atoms with Crippen LogP contribution in [0.4, 0.5) is 5.69 Å². The molecule has 9 nitrogen and oxygen atoms in total. The molecule has 1 aromatic heterocycles. The van der Waals surface area contributed by atoms with Crippen molar-refractivity contribution in [2.45, 2.75) is 19.3 Å². The van der Waals surface area contributed by atoms with Crippen LogP contribution in [0.1, 0.15) is 17.5 Å². The minimum absolute atomic E-state index is 0.116. The molecule has 0 aliphatic carbocycles. The summed E-state index contributed by atoms with van der Waals surface area (Å²) >= 11 is 0. The van der Waals surface area contributed by atoms with Gasteiger partial charge in [0, 0.05) is 38.3 Å². The van der Waals surface area contributed by atoms with Crippen molar-refractivity contribution in [1.82, 2.24) is 24.6 Å². The average molecular weight is 435 g/mol. The fourth-order valence-corrected chi connectivity index (χ4v) is 3.91. The van der Waals surface area contributed by atoms with Gasteiger partial charge in [0.25, 0.3) is 5.69 Å². The largest absolute Gasteiger partial charge is 0.341 e. The van der Waals surface area contributed by atoms with E-state index in [2.05, 4.69) is 15.0 Å². The van der Waals surface area contributed by atoms with E-state index >= 15 is 0 Å². The Balaban J connectivity index is 1.25. The smallest absolute Gasteiger partial charge is 0.269 e. The molecule has 1 saturated heterocycles. The van der Waals surface area contributed by atoms with Gasteiger partial charge in [-0.2, -0.15) is 5.10 Å². The second-order valence-corrected chi connectivity index (χ2v) is 7.93. The van der Waals surface area contributed by atoms with Crippen LogP contribution in [-0.4, -0.2) is 68.1 Å². The highest BCUT2D eigenvalue weighted by atomic mass is 16.6. The normalized spacial score (nSPS) is 14.8. The molecule has 0 unspecified atom stereocenters. The van der Waals surface area contributed by atoms with Gasteiger partial charge < -0.3 is 9.80 Å². The molecule has 32 heavy (non-hydrogen) atoms. The fraction of sp³-hybridized carbons (Fsp3) is 0.348. The molecule has 0 saturated carbocycles. The van der Waals surface area contributed by atoms with Gasteiger partial charge in [0.1, 0.15) is 12.7 Å². The van der Waals surface area contributed by atoms with E-state index in [1.807, 2.05) is 41.3 Å². The number of hydrogen-bond acceptors (Lipinski definition) is 6. The maximum atomic E-state index is 12.8. The highest BCUT2D eigenvalue weighted by Crippen LogP contribution is 2.14. The third-order valence-electron chi connectivity index (χ3n) is 5.78. The first kappa shape index (κ1) is 21.6. The SMILES string of the molecule is O=C(Cc1ccc(-n2cncn2)cc1)N1CCCN(CCc2ccc([N+](=O)[O-])cc2)CC1. The summed E-state index contributed by atoms with van der Waals surface area (Å²) in [6.45, 7) is 4.15. The molecule has 1 amide bonds. The molecule has 4 rings (SSSR count). The summed E-state index contributed by atoms with van der Waals surface area (Å²) in [5.74, 6) is 0.149. The lowest BCUT2D eigenvalue weighted by molar-refractivity contribution is -0.384. The zero-order valence-corrected chi connectivity index (χ0v) is 17.8. The molecule has 166 valence electrons. The summed E-state index contributed by atoms with van der Waals surface area (Å²) in [5.41, 5.74) is 3.10. The molecule has 0 N–H and O–H groups in total. The van der Waals surface area contributed by atoms with Crippen molar-refractivity contribution in [2.24, 2.45) is 0 Å². The van der Waals surface area contributed by atoms with Crippen molar-refractivity contribution in [3.05, 3.63) is 82.4 Å². The molecule has 1 aliphatic rings. The van der Waals surface area contributed by atoms with Crippen molar-refractivity contribution in [3.63, 3.8) is 0 Å². The Kier molecular flexibility index (Phi) is 6.86. The van der Waals surface area contributed by atoms with Crippen molar-refractivity contribution in [3.8, 4) is 5.69 Å². The number of amides is 1. The van der Waals surface area contributed by atoms with Crippen LogP contribution in [0, 0.1) is 10.1 Å². The van der Waals surface area contributed by atoms with Gasteiger partial charge in [0.2, 0.25) is 5.91 Å². The highest BCUT2D eigenvalue weighted by Gasteiger charge is 2.19. The van der Waals surface area contributed by atoms with E-state index in [4.69, 9.17) is 0 Å². The highest BCUT2D eigenvalue weighted by molar-refractivity contribution is 5.78. The minimum atomic E-state index is -0.379. The van der Waals surface area contributed by atoms with Crippen LogP contribution in [0.25, 0.3) is 5.69 Å². The summed E-state index contributed by atoms with van der Waals surface area (Å²) in [4.78, 5) is 31.5. The Bertz CT molecular complexity index is 1030. The molecule has 2 heterocycles. The minimum Gasteiger partial charge on any atom is -0.341 e. The Hall–Kier alpha value is -3.59. The molecular formula is C23H26N6O3. The molecule has 0 bridgehead atoms. The van der Waals surface area contributed by atoms with Crippen LogP contribution in [0.3, 0.4) is 0 Å². The number of aromatic nitrogens is 3. The number of hydrogen-bond donors (Lipinski definition) is 0. The summed E-state index contributed by atoms with van der Waals surface area (Å²) in [5, 5.41) is 14.9. The van der Waals surface area contributed by atoms with Crippen molar-refractivity contribution >= 4 is 11.6 Å². The third-order valence-corrected chi connectivity index (χ3v) is 5.78. The van der Waals surface area contributed by atoms with Crippen molar-refractivity contribution < 1.29 is 9.72 Å². The summed E-state index contributed by atoms with van der Waals surface area (Å²) < 4.78 is 1.69. The van der Waals surface area contributed by atoms with Crippen LogP contribution in [0.15, 0.2) is 61.2 Å². The molecule has 3 aromatic rings. The number of rotatable bonds is 7. The standard InChI is InChI=1S/C23H26N6O3/c30-23(16-20-4-6-21(7-5-20)28-18-24-17-25-28)27-12-1-11-26(14-15-27)13-10-19-2-8-22(9-3-19)29(31)32/h2-9,17-18H,1,10-16H2. The lowest BCUT2D eigenvalue weighted by Crippen LogP contribution is -2.36. The Labute approximate surface area is 186 Å². The lowest BCUT2D eigenvalue weighted by Gasteiger charge is -2.22. The van der Waals surface area contributed by atoms with Crippen LogP contribution in [0.5, 0.6) is 0 Å². The number of benzene rings is 2. The molecule has 0 atom stereocenters. The number of nitrogens with zero attached hydrogens (tertiary/aromatic N) is 6. The van der Waals surface area contributed by atoms with Crippen LogP contribution < -0.4 is 0 Å². The van der Waals surface area contributed by atoms with Crippen LogP contribution in [0.2, 0.25) is 0 Å². The van der Waals surface area contributed by atoms with Gasteiger partial charge in [-0.25, -0.2) is 9.67 Å². The predicted molar refractivity (Wildman–Crippen MR) is 120 cm³/mol. The monoisotopic (exact) mass is 434 g/mol. The van der Waals surface area contributed by atoms with Crippen LogP contribution in [-0.2, 0) is 17.6 Å². The molecule has 1 aliphatic heterocycles. The molecule has 1 fully saturated rings. The van der Waals surface area contributed by atoms with Gasteiger partial charge in [0.05, 0.1) is 17.0 Å². The van der Waals surface area contributed by atoms with E-state index < -0.39 is 0 Å². The second kappa shape index (κ2) is 10.1. The average Bonchev–Trinajstić information content (AvgIpc) is 3.24. The molecule has 9 heteroatoms. The lowest BCUT2D eigenvalue weighted by atomic mass is 10.1. The van der Waals surface area contributed by atoms with Crippen molar-refractivity contribution in [2.75, 3.05) is 32.7 Å².